The Morgan fingerprint density at radius 3 is 2.62 bits per heavy atom. The Labute approximate surface area is 144 Å². The van der Waals surface area contributed by atoms with Gasteiger partial charge in [0.2, 0.25) is 0 Å². The van der Waals surface area contributed by atoms with Gasteiger partial charge in [-0.15, -0.1) is 11.3 Å². The first-order valence-corrected chi connectivity index (χ1v) is 9.87. The normalized spacial score (nSPS) is 17.8. The van der Waals surface area contributed by atoms with Crippen LogP contribution in [-0.2, 0) is 10.0 Å². The van der Waals surface area contributed by atoms with Crippen LogP contribution in [0.2, 0.25) is 0 Å². The molecule has 0 unspecified atom stereocenters. The maximum atomic E-state index is 13.1. The molecule has 2 heterocycles. The van der Waals surface area contributed by atoms with E-state index in [-0.39, 0.29) is 9.09 Å². The molecule has 1 aliphatic rings. The minimum absolute atomic E-state index is 0.0489. The second-order valence-corrected chi connectivity index (χ2v) is 9.20. The van der Waals surface area contributed by atoms with Gasteiger partial charge < -0.3 is 11.1 Å². The van der Waals surface area contributed by atoms with E-state index in [1.807, 2.05) is 0 Å². The SMILES string of the molecule is CC1CCN(S(=O)(=O)c2ccc(C(=O)NCC(F)(F)CN)s2)CC1. The van der Waals surface area contributed by atoms with Gasteiger partial charge in [0, 0.05) is 13.1 Å². The molecule has 2 rings (SSSR count). The number of rotatable bonds is 6. The molecular weight excluding hydrogens is 360 g/mol. The van der Waals surface area contributed by atoms with E-state index < -0.39 is 34.9 Å². The first-order valence-electron chi connectivity index (χ1n) is 7.62. The molecule has 0 aliphatic carbocycles. The van der Waals surface area contributed by atoms with E-state index in [1.54, 1.807) is 0 Å². The monoisotopic (exact) mass is 381 g/mol. The van der Waals surface area contributed by atoms with Gasteiger partial charge in [-0.2, -0.15) is 4.31 Å². The Bertz CT molecular complexity index is 683. The number of piperidine rings is 1. The zero-order valence-corrected chi connectivity index (χ0v) is 14.9. The predicted octanol–water partition coefficient (Wildman–Crippen LogP) is 1.49. The molecule has 0 saturated carbocycles. The van der Waals surface area contributed by atoms with E-state index in [0.717, 1.165) is 24.2 Å². The van der Waals surface area contributed by atoms with Crippen molar-refractivity contribution in [1.29, 1.82) is 0 Å². The number of thiophene rings is 1. The topological polar surface area (TPSA) is 92.5 Å². The fourth-order valence-electron chi connectivity index (χ4n) is 2.30. The third-order valence-electron chi connectivity index (χ3n) is 3.95. The van der Waals surface area contributed by atoms with E-state index in [1.165, 1.54) is 16.4 Å². The van der Waals surface area contributed by atoms with Gasteiger partial charge in [0.25, 0.3) is 21.9 Å². The molecule has 0 radical (unpaired) electrons. The van der Waals surface area contributed by atoms with Crippen molar-refractivity contribution in [2.45, 2.75) is 29.9 Å². The van der Waals surface area contributed by atoms with E-state index in [0.29, 0.717) is 19.0 Å². The highest BCUT2D eigenvalue weighted by Crippen LogP contribution is 2.28. The first kappa shape index (κ1) is 19.2. The number of carbonyl (C=O) groups is 1. The number of sulfonamides is 1. The molecule has 0 aromatic carbocycles. The largest absolute Gasteiger partial charge is 0.345 e. The van der Waals surface area contributed by atoms with Crippen LogP contribution in [0.1, 0.15) is 29.4 Å². The van der Waals surface area contributed by atoms with Crippen molar-refractivity contribution in [3.8, 4) is 0 Å². The summed E-state index contributed by atoms with van der Waals surface area (Å²) in [6, 6.07) is 2.67. The summed E-state index contributed by atoms with van der Waals surface area (Å²) in [4.78, 5) is 12.0. The maximum absolute atomic E-state index is 13.1. The van der Waals surface area contributed by atoms with Gasteiger partial charge >= 0.3 is 0 Å². The Hall–Kier alpha value is -1.10. The van der Waals surface area contributed by atoms with Crippen molar-refractivity contribution in [3.63, 3.8) is 0 Å². The lowest BCUT2D eigenvalue weighted by Crippen LogP contribution is -2.41. The van der Waals surface area contributed by atoms with Crippen molar-refractivity contribution >= 4 is 27.3 Å². The van der Waals surface area contributed by atoms with Crippen LogP contribution in [0.5, 0.6) is 0 Å². The summed E-state index contributed by atoms with van der Waals surface area (Å²) >= 11 is 0.783. The van der Waals surface area contributed by atoms with Crippen LogP contribution in [0, 0.1) is 5.92 Å². The molecule has 0 atom stereocenters. The summed E-state index contributed by atoms with van der Waals surface area (Å²) in [5.41, 5.74) is 4.90. The zero-order valence-electron chi connectivity index (χ0n) is 13.3. The summed E-state index contributed by atoms with van der Waals surface area (Å²) in [5, 5.41) is 2.07. The van der Waals surface area contributed by atoms with Gasteiger partial charge in [-0.05, 0) is 30.9 Å². The Kier molecular flexibility index (Phi) is 5.95. The molecule has 24 heavy (non-hydrogen) atoms. The molecule has 1 saturated heterocycles. The Balaban J connectivity index is 2.05. The lowest BCUT2D eigenvalue weighted by atomic mass is 10.0. The quantitative estimate of drug-likeness (QED) is 0.781. The van der Waals surface area contributed by atoms with Crippen LogP contribution >= 0.6 is 11.3 Å². The predicted molar refractivity (Wildman–Crippen MR) is 87.8 cm³/mol. The summed E-state index contributed by atoms with van der Waals surface area (Å²) in [5.74, 6) is -3.43. The number of carbonyl (C=O) groups excluding carboxylic acids is 1. The van der Waals surface area contributed by atoms with Crippen molar-refractivity contribution < 1.29 is 22.0 Å². The molecule has 0 bridgehead atoms. The van der Waals surface area contributed by atoms with Crippen LogP contribution in [0.3, 0.4) is 0 Å². The van der Waals surface area contributed by atoms with Crippen LogP contribution in [0.25, 0.3) is 0 Å². The van der Waals surface area contributed by atoms with E-state index >= 15 is 0 Å². The second-order valence-electron chi connectivity index (χ2n) is 5.95. The molecule has 0 spiro atoms. The molecule has 3 N–H and O–H groups in total. The number of halogens is 2. The van der Waals surface area contributed by atoms with E-state index in [9.17, 15) is 22.0 Å². The second kappa shape index (κ2) is 7.42. The molecule has 1 fully saturated rings. The lowest BCUT2D eigenvalue weighted by Gasteiger charge is -2.28. The number of alkyl halides is 2. The maximum Gasteiger partial charge on any atom is 0.277 e. The molecule has 136 valence electrons. The molecule has 1 amide bonds. The third kappa shape index (κ3) is 4.50. The van der Waals surface area contributed by atoms with E-state index in [4.69, 9.17) is 5.73 Å². The number of nitrogens with zero attached hydrogens (tertiary/aromatic N) is 1. The van der Waals surface area contributed by atoms with Gasteiger partial charge in [0.05, 0.1) is 18.0 Å². The Morgan fingerprint density at radius 1 is 1.42 bits per heavy atom. The van der Waals surface area contributed by atoms with Crippen LogP contribution in [0.15, 0.2) is 16.3 Å². The summed E-state index contributed by atoms with van der Waals surface area (Å²) in [6.45, 7) is 1.23. The highest BCUT2D eigenvalue weighted by atomic mass is 32.2. The van der Waals surface area contributed by atoms with Crippen molar-refractivity contribution in [1.82, 2.24) is 9.62 Å². The first-order chi connectivity index (χ1) is 11.2. The van der Waals surface area contributed by atoms with Crippen LogP contribution < -0.4 is 11.1 Å². The van der Waals surface area contributed by atoms with Gasteiger partial charge in [0.1, 0.15) is 4.21 Å². The fourth-order valence-corrected chi connectivity index (χ4v) is 5.15. The molecule has 1 aromatic rings. The number of hydrogen-bond acceptors (Lipinski definition) is 5. The zero-order chi connectivity index (χ0) is 18.0. The number of nitrogens with one attached hydrogen (secondary N) is 1. The summed E-state index contributed by atoms with van der Waals surface area (Å²) in [6.07, 6.45) is 1.60. The molecule has 1 aliphatic heterocycles. The number of amides is 1. The molecule has 10 heteroatoms. The smallest absolute Gasteiger partial charge is 0.277 e. The van der Waals surface area contributed by atoms with Crippen molar-refractivity contribution in [3.05, 3.63) is 17.0 Å². The number of hydrogen-bond donors (Lipinski definition) is 2. The highest BCUT2D eigenvalue weighted by Gasteiger charge is 2.31. The highest BCUT2D eigenvalue weighted by molar-refractivity contribution is 7.91. The molecule has 1 aromatic heterocycles. The van der Waals surface area contributed by atoms with Crippen LogP contribution in [0.4, 0.5) is 8.78 Å². The fraction of sp³-hybridized carbons (Fsp3) is 0.643. The van der Waals surface area contributed by atoms with E-state index in [2.05, 4.69) is 12.2 Å². The van der Waals surface area contributed by atoms with Crippen molar-refractivity contribution in [2.75, 3.05) is 26.2 Å². The van der Waals surface area contributed by atoms with Gasteiger partial charge in [0.15, 0.2) is 0 Å². The Morgan fingerprint density at radius 2 is 2.04 bits per heavy atom. The molecular formula is C14H21F2N3O3S2. The average molecular weight is 381 g/mol. The molecule has 6 nitrogen and oxygen atoms in total. The minimum Gasteiger partial charge on any atom is -0.345 e. The number of nitrogens with two attached hydrogens (primary N) is 1. The van der Waals surface area contributed by atoms with Crippen molar-refractivity contribution in [2.24, 2.45) is 11.7 Å². The van der Waals surface area contributed by atoms with Gasteiger partial charge in [-0.1, -0.05) is 6.92 Å². The summed E-state index contributed by atoms with van der Waals surface area (Å²) < 4.78 is 52.7. The summed E-state index contributed by atoms with van der Waals surface area (Å²) in [7, 11) is -3.64. The van der Waals surface area contributed by atoms with Crippen LogP contribution in [-0.4, -0.2) is 50.7 Å². The third-order valence-corrected chi connectivity index (χ3v) is 7.40. The van der Waals surface area contributed by atoms with Gasteiger partial charge in [-0.3, -0.25) is 4.79 Å². The average Bonchev–Trinajstić information content (AvgIpc) is 3.04. The lowest BCUT2D eigenvalue weighted by molar-refractivity contribution is 0.0119. The standard InChI is InChI=1S/C14H21F2N3O3S2/c1-10-4-6-19(7-5-10)24(21,22)12-3-2-11(23-12)13(20)18-9-14(15,16)8-17/h2-3,10H,4-9,17H2,1H3,(H,18,20). The minimum atomic E-state index is -3.64. The van der Waals surface area contributed by atoms with Gasteiger partial charge in [-0.25, -0.2) is 17.2 Å².